The van der Waals surface area contributed by atoms with Crippen molar-refractivity contribution in [1.82, 2.24) is 10.6 Å². The van der Waals surface area contributed by atoms with E-state index in [0.29, 0.717) is 12.1 Å². The van der Waals surface area contributed by atoms with Crippen molar-refractivity contribution < 1.29 is 9.72 Å². The minimum Gasteiger partial charge on any atom is -0.393 e. The maximum Gasteiger partial charge on any atom is 0.292 e. The van der Waals surface area contributed by atoms with E-state index in [1.54, 1.807) is 0 Å². The number of hydrogen-bond donors (Lipinski definition) is 3. The van der Waals surface area contributed by atoms with Crippen LogP contribution in [-0.4, -0.2) is 29.0 Å². The topological polar surface area (TPSA) is 110 Å². The van der Waals surface area contributed by atoms with Gasteiger partial charge in [0.25, 0.3) is 11.6 Å². The minimum absolute atomic E-state index is 0. The molecule has 0 aliphatic carbocycles. The van der Waals surface area contributed by atoms with Crippen LogP contribution in [0.3, 0.4) is 0 Å². The first-order chi connectivity index (χ1) is 10.0. The number of nitro benzene ring substituents is 1. The molecule has 3 rings (SSSR count). The first-order valence-corrected chi connectivity index (χ1v) is 7.14. The predicted octanol–water partition coefficient (Wildman–Crippen LogP) is 1.61. The van der Waals surface area contributed by atoms with E-state index in [9.17, 15) is 14.9 Å². The number of anilines is 1. The Kier molecular flexibility index (Phi) is 4.87. The number of piperidine rings is 1. The number of carbonyl (C=O) groups excluding carboxylic acids is 1. The van der Waals surface area contributed by atoms with Crippen LogP contribution in [0.15, 0.2) is 18.2 Å². The van der Waals surface area contributed by atoms with Crippen molar-refractivity contribution in [2.75, 3.05) is 5.73 Å². The summed E-state index contributed by atoms with van der Waals surface area (Å²) in [5.41, 5.74) is 5.65. The fourth-order valence-electron chi connectivity index (χ4n) is 3.29. The van der Waals surface area contributed by atoms with Gasteiger partial charge >= 0.3 is 0 Å². The van der Waals surface area contributed by atoms with Crippen molar-refractivity contribution in [3.8, 4) is 0 Å². The Morgan fingerprint density at radius 1 is 1.32 bits per heavy atom. The van der Waals surface area contributed by atoms with E-state index < -0.39 is 4.92 Å². The second-order valence-electron chi connectivity index (χ2n) is 5.81. The maximum atomic E-state index is 12.2. The van der Waals surface area contributed by atoms with Gasteiger partial charge in [-0.3, -0.25) is 14.9 Å². The summed E-state index contributed by atoms with van der Waals surface area (Å²) in [5, 5.41) is 17.4. The van der Waals surface area contributed by atoms with E-state index in [1.165, 1.54) is 18.2 Å². The first kappa shape index (κ1) is 16.5. The van der Waals surface area contributed by atoms with Gasteiger partial charge in [-0.2, -0.15) is 0 Å². The Balaban J connectivity index is 0.00000176. The molecule has 1 aromatic carbocycles. The molecule has 1 aromatic rings. The monoisotopic (exact) mass is 326 g/mol. The number of nitrogens with zero attached hydrogens (tertiary/aromatic N) is 1. The summed E-state index contributed by atoms with van der Waals surface area (Å²) >= 11 is 0. The molecular formula is C14H19ClN4O3. The Morgan fingerprint density at radius 3 is 2.55 bits per heavy atom. The largest absolute Gasteiger partial charge is 0.393 e. The third-order valence-corrected chi connectivity index (χ3v) is 4.30. The molecule has 7 nitrogen and oxygen atoms in total. The Morgan fingerprint density at radius 2 is 1.95 bits per heavy atom. The van der Waals surface area contributed by atoms with Gasteiger partial charge in [0.15, 0.2) is 0 Å². The number of hydrogen-bond acceptors (Lipinski definition) is 5. The van der Waals surface area contributed by atoms with E-state index in [-0.39, 0.29) is 41.3 Å². The quantitative estimate of drug-likeness (QED) is 0.444. The number of rotatable bonds is 3. The number of benzene rings is 1. The van der Waals surface area contributed by atoms with Gasteiger partial charge in [-0.05, 0) is 37.8 Å². The van der Waals surface area contributed by atoms with E-state index in [4.69, 9.17) is 5.73 Å². The van der Waals surface area contributed by atoms with Gasteiger partial charge in [-0.15, -0.1) is 12.4 Å². The standard InChI is InChI=1S/C14H18N4O3.ClH/c15-12-4-1-8(5-13(12)18(20)21)14(19)17-11-6-9-2-3-10(7-11)16-9;/h1,4-5,9-11,16H,2-3,6-7,15H2,(H,17,19);1H. The zero-order valence-electron chi connectivity index (χ0n) is 12.0. The summed E-state index contributed by atoms with van der Waals surface area (Å²) in [6, 6.07) is 5.25. The van der Waals surface area contributed by atoms with Gasteiger partial charge in [0, 0.05) is 29.8 Å². The number of amides is 1. The Hall–Kier alpha value is -1.86. The zero-order chi connectivity index (χ0) is 15.0. The number of nitrogen functional groups attached to an aromatic ring is 1. The fraction of sp³-hybridized carbons (Fsp3) is 0.500. The van der Waals surface area contributed by atoms with Crippen LogP contribution >= 0.6 is 12.4 Å². The second-order valence-corrected chi connectivity index (χ2v) is 5.81. The third-order valence-electron chi connectivity index (χ3n) is 4.30. The molecule has 2 heterocycles. The van der Waals surface area contributed by atoms with Gasteiger partial charge in [0.05, 0.1) is 4.92 Å². The van der Waals surface area contributed by atoms with Crippen LogP contribution in [0.2, 0.25) is 0 Å². The smallest absolute Gasteiger partial charge is 0.292 e. The van der Waals surface area contributed by atoms with Crippen LogP contribution < -0.4 is 16.4 Å². The molecule has 0 spiro atoms. The van der Waals surface area contributed by atoms with E-state index in [1.807, 2.05) is 0 Å². The highest BCUT2D eigenvalue weighted by atomic mass is 35.5. The maximum absolute atomic E-state index is 12.2. The van der Waals surface area contributed by atoms with E-state index >= 15 is 0 Å². The molecular weight excluding hydrogens is 308 g/mol. The molecule has 2 unspecified atom stereocenters. The van der Waals surface area contributed by atoms with E-state index in [0.717, 1.165) is 25.7 Å². The minimum atomic E-state index is -0.573. The van der Waals surface area contributed by atoms with Crippen LogP contribution in [0.4, 0.5) is 11.4 Å². The lowest BCUT2D eigenvalue weighted by atomic mass is 9.99. The number of nitrogens with one attached hydrogen (secondary N) is 2. The summed E-state index contributed by atoms with van der Waals surface area (Å²) in [7, 11) is 0. The molecule has 0 aromatic heterocycles. The number of nitrogens with two attached hydrogens (primary N) is 1. The number of halogens is 1. The van der Waals surface area contributed by atoms with Gasteiger partial charge in [0.1, 0.15) is 5.69 Å². The number of nitro groups is 1. The molecule has 0 radical (unpaired) electrons. The Labute approximate surface area is 134 Å². The molecule has 0 saturated carbocycles. The molecule has 2 fully saturated rings. The van der Waals surface area contributed by atoms with Crippen LogP contribution in [0.25, 0.3) is 0 Å². The lowest BCUT2D eigenvalue weighted by molar-refractivity contribution is -0.383. The molecule has 2 bridgehead atoms. The summed E-state index contributed by atoms with van der Waals surface area (Å²) < 4.78 is 0. The molecule has 2 saturated heterocycles. The van der Waals surface area contributed by atoms with Gasteiger partial charge < -0.3 is 16.4 Å². The van der Waals surface area contributed by atoms with Gasteiger partial charge in [-0.25, -0.2) is 0 Å². The average molecular weight is 327 g/mol. The molecule has 2 atom stereocenters. The Bertz CT molecular complexity index is 583. The van der Waals surface area contributed by atoms with Crippen molar-refractivity contribution in [3.05, 3.63) is 33.9 Å². The van der Waals surface area contributed by atoms with Gasteiger partial charge in [0.2, 0.25) is 0 Å². The second kappa shape index (κ2) is 6.50. The molecule has 8 heteroatoms. The summed E-state index contributed by atoms with van der Waals surface area (Å²) in [6.07, 6.45) is 4.15. The normalized spacial score (nSPS) is 26.1. The van der Waals surface area contributed by atoms with Crippen molar-refractivity contribution in [2.24, 2.45) is 0 Å². The average Bonchev–Trinajstić information content (AvgIpc) is 2.78. The highest BCUT2D eigenvalue weighted by Gasteiger charge is 2.34. The molecule has 2 aliphatic rings. The highest BCUT2D eigenvalue weighted by molar-refractivity contribution is 5.95. The fourth-order valence-corrected chi connectivity index (χ4v) is 3.29. The molecule has 1 amide bonds. The van der Waals surface area contributed by atoms with E-state index in [2.05, 4.69) is 10.6 Å². The van der Waals surface area contributed by atoms with Crippen molar-refractivity contribution in [3.63, 3.8) is 0 Å². The predicted molar refractivity (Wildman–Crippen MR) is 85.2 cm³/mol. The lowest BCUT2D eigenvalue weighted by Gasteiger charge is -2.29. The van der Waals surface area contributed by atoms with Crippen LogP contribution in [0.5, 0.6) is 0 Å². The van der Waals surface area contributed by atoms with Crippen LogP contribution in [0, 0.1) is 10.1 Å². The first-order valence-electron chi connectivity index (χ1n) is 7.14. The van der Waals surface area contributed by atoms with Crippen molar-refractivity contribution in [2.45, 2.75) is 43.8 Å². The molecule has 22 heavy (non-hydrogen) atoms. The molecule has 2 aliphatic heterocycles. The highest BCUT2D eigenvalue weighted by Crippen LogP contribution is 2.27. The lowest BCUT2D eigenvalue weighted by Crippen LogP contribution is -2.48. The molecule has 4 N–H and O–H groups in total. The van der Waals surface area contributed by atoms with Crippen LogP contribution in [0.1, 0.15) is 36.0 Å². The third kappa shape index (κ3) is 3.31. The SMILES string of the molecule is Cl.Nc1ccc(C(=O)NC2CC3CCC(C2)N3)cc1[N+](=O)[O-]. The van der Waals surface area contributed by atoms with Crippen molar-refractivity contribution in [1.29, 1.82) is 0 Å². The van der Waals surface area contributed by atoms with Gasteiger partial charge in [-0.1, -0.05) is 0 Å². The summed E-state index contributed by atoms with van der Waals surface area (Å²) in [6.45, 7) is 0. The zero-order valence-corrected chi connectivity index (χ0v) is 12.8. The van der Waals surface area contributed by atoms with Crippen molar-refractivity contribution >= 4 is 29.7 Å². The molecule has 120 valence electrons. The summed E-state index contributed by atoms with van der Waals surface area (Å²) in [5.74, 6) is -0.274. The summed E-state index contributed by atoms with van der Waals surface area (Å²) in [4.78, 5) is 22.5. The van der Waals surface area contributed by atoms with Crippen LogP contribution in [-0.2, 0) is 0 Å². The number of fused-ring (bicyclic) bond motifs is 2. The number of carbonyl (C=O) groups is 1.